The van der Waals surface area contributed by atoms with Crippen LogP contribution < -0.4 is 4.74 Å². The normalized spacial score (nSPS) is 17.0. The van der Waals surface area contributed by atoms with E-state index in [-0.39, 0.29) is 12.0 Å². The Morgan fingerprint density at radius 1 is 1.27 bits per heavy atom. The number of ether oxygens (including phenoxy) is 3. The molecule has 0 aliphatic carbocycles. The fourth-order valence-electron chi connectivity index (χ4n) is 2.86. The van der Waals surface area contributed by atoms with E-state index in [1.165, 1.54) is 6.07 Å². The Morgan fingerprint density at radius 3 is 2.92 bits per heavy atom. The Labute approximate surface area is 152 Å². The molecular formula is C19H22N2O5. The van der Waals surface area contributed by atoms with Crippen LogP contribution in [0.2, 0.25) is 0 Å². The SMILES string of the molecule is Cc1ccc([N+](=O)[O-])cc1-c1ccnc(OCCOC2CCCCO2)c1. The van der Waals surface area contributed by atoms with E-state index in [2.05, 4.69) is 4.98 Å². The zero-order valence-electron chi connectivity index (χ0n) is 14.7. The van der Waals surface area contributed by atoms with Gasteiger partial charge in [0.2, 0.25) is 5.88 Å². The number of nitro benzene ring substituents is 1. The fourth-order valence-corrected chi connectivity index (χ4v) is 2.86. The highest BCUT2D eigenvalue weighted by Gasteiger charge is 2.14. The quantitative estimate of drug-likeness (QED) is 0.424. The predicted molar refractivity (Wildman–Crippen MR) is 96.1 cm³/mol. The number of hydrogen-bond donors (Lipinski definition) is 0. The second-order valence-electron chi connectivity index (χ2n) is 6.15. The van der Waals surface area contributed by atoms with Crippen molar-refractivity contribution in [1.29, 1.82) is 0 Å². The average Bonchev–Trinajstić information content (AvgIpc) is 2.66. The van der Waals surface area contributed by atoms with E-state index < -0.39 is 4.92 Å². The van der Waals surface area contributed by atoms with Crippen LogP contribution in [0, 0.1) is 17.0 Å². The molecule has 0 amide bonds. The molecule has 1 aromatic carbocycles. The molecule has 2 aromatic rings. The van der Waals surface area contributed by atoms with Crippen LogP contribution >= 0.6 is 0 Å². The first-order valence-electron chi connectivity index (χ1n) is 8.71. The molecular weight excluding hydrogens is 336 g/mol. The Kier molecular flexibility index (Phi) is 6.14. The maximum Gasteiger partial charge on any atom is 0.270 e. The monoisotopic (exact) mass is 358 g/mol. The van der Waals surface area contributed by atoms with Gasteiger partial charge in [-0.3, -0.25) is 10.1 Å². The standard InChI is InChI=1S/C19H22N2O5/c1-14-5-6-16(21(22)23)13-17(14)15-7-8-20-18(12-15)24-10-11-26-19-4-2-3-9-25-19/h5-8,12-13,19H,2-4,9-11H2,1H3. The Balaban J connectivity index is 1.61. The summed E-state index contributed by atoms with van der Waals surface area (Å²) in [4.78, 5) is 14.8. The summed E-state index contributed by atoms with van der Waals surface area (Å²) in [5.74, 6) is 0.460. The fraction of sp³-hybridized carbons (Fsp3) is 0.421. The minimum absolute atomic E-state index is 0.0609. The molecule has 3 rings (SSSR count). The van der Waals surface area contributed by atoms with Crippen molar-refractivity contribution in [2.75, 3.05) is 19.8 Å². The van der Waals surface area contributed by atoms with Crippen LogP contribution in [0.25, 0.3) is 11.1 Å². The molecule has 1 atom stereocenters. The highest BCUT2D eigenvalue weighted by Crippen LogP contribution is 2.29. The molecule has 1 aromatic heterocycles. The number of pyridine rings is 1. The lowest BCUT2D eigenvalue weighted by molar-refractivity contribution is -0.384. The largest absolute Gasteiger partial charge is 0.475 e. The number of nitro groups is 1. The minimum atomic E-state index is -0.397. The van der Waals surface area contributed by atoms with Gasteiger partial charge in [0, 0.05) is 31.0 Å². The molecule has 2 heterocycles. The molecule has 0 bridgehead atoms. The third-order valence-electron chi connectivity index (χ3n) is 4.25. The summed E-state index contributed by atoms with van der Waals surface area (Å²) in [6.07, 6.45) is 4.62. The number of aromatic nitrogens is 1. The van der Waals surface area contributed by atoms with Crippen molar-refractivity contribution in [2.24, 2.45) is 0 Å². The summed E-state index contributed by atoms with van der Waals surface area (Å²) in [5, 5.41) is 11.0. The molecule has 0 N–H and O–H groups in total. The van der Waals surface area contributed by atoms with Crippen LogP contribution in [0.4, 0.5) is 5.69 Å². The molecule has 1 fully saturated rings. The van der Waals surface area contributed by atoms with E-state index in [0.717, 1.165) is 42.6 Å². The van der Waals surface area contributed by atoms with E-state index >= 15 is 0 Å². The molecule has 26 heavy (non-hydrogen) atoms. The third-order valence-corrected chi connectivity index (χ3v) is 4.25. The van der Waals surface area contributed by atoms with E-state index in [0.29, 0.717) is 19.1 Å². The van der Waals surface area contributed by atoms with Crippen LogP contribution in [0.3, 0.4) is 0 Å². The molecule has 7 nitrogen and oxygen atoms in total. The second-order valence-corrected chi connectivity index (χ2v) is 6.15. The van der Waals surface area contributed by atoms with Gasteiger partial charge in [-0.25, -0.2) is 4.98 Å². The summed E-state index contributed by atoms with van der Waals surface area (Å²) in [6, 6.07) is 8.40. The first-order valence-corrected chi connectivity index (χ1v) is 8.71. The summed E-state index contributed by atoms with van der Waals surface area (Å²) < 4.78 is 16.8. The lowest BCUT2D eigenvalue weighted by Gasteiger charge is -2.22. The molecule has 0 spiro atoms. The lowest BCUT2D eigenvalue weighted by atomic mass is 10.0. The summed E-state index contributed by atoms with van der Waals surface area (Å²) in [5.41, 5.74) is 2.63. The Hall–Kier alpha value is -2.51. The van der Waals surface area contributed by atoms with Gasteiger partial charge in [-0.1, -0.05) is 6.07 Å². The number of aryl methyl sites for hydroxylation is 1. The number of benzene rings is 1. The van der Waals surface area contributed by atoms with Gasteiger partial charge in [0.15, 0.2) is 6.29 Å². The van der Waals surface area contributed by atoms with Crippen LogP contribution in [-0.4, -0.2) is 36.0 Å². The molecule has 138 valence electrons. The predicted octanol–water partition coefficient (Wildman–Crippen LogP) is 3.89. The first kappa shape index (κ1) is 18.3. The highest BCUT2D eigenvalue weighted by molar-refractivity contribution is 5.70. The maximum absolute atomic E-state index is 11.0. The maximum atomic E-state index is 11.0. The van der Waals surface area contributed by atoms with Crippen LogP contribution in [0.1, 0.15) is 24.8 Å². The molecule has 0 radical (unpaired) electrons. The van der Waals surface area contributed by atoms with Crippen molar-refractivity contribution >= 4 is 5.69 Å². The van der Waals surface area contributed by atoms with Gasteiger partial charge < -0.3 is 14.2 Å². The van der Waals surface area contributed by atoms with Gasteiger partial charge in [-0.2, -0.15) is 0 Å². The third kappa shape index (κ3) is 4.77. The molecule has 0 saturated carbocycles. The van der Waals surface area contributed by atoms with E-state index in [4.69, 9.17) is 14.2 Å². The molecule has 1 aliphatic heterocycles. The second kappa shape index (κ2) is 8.73. The summed E-state index contributed by atoms with van der Waals surface area (Å²) in [6.45, 7) is 3.45. The molecule has 7 heteroatoms. The van der Waals surface area contributed by atoms with Gasteiger partial charge in [-0.15, -0.1) is 0 Å². The minimum Gasteiger partial charge on any atom is -0.475 e. The zero-order valence-corrected chi connectivity index (χ0v) is 14.7. The number of rotatable bonds is 7. The van der Waals surface area contributed by atoms with Gasteiger partial charge >= 0.3 is 0 Å². The van der Waals surface area contributed by atoms with E-state index in [9.17, 15) is 10.1 Å². The molecule has 1 aliphatic rings. The smallest absolute Gasteiger partial charge is 0.270 e. The average molecular weight is 358 g/mol. The van der Waals surface area contributed by atoms with Gasteiger partial charge in [0.25, 0.3) is 5.69 Å². The molecule has 1 unspecified atom stereocenters. The van der Waals surface area contributed by atoms with Gasteiger partial charge in [0.1, 0.15) is 6.61 Å². The van der Waals surface area contributed by atoms with Crippen LogP contribution in [-0.2, 0) is 9.47 Å². The van der Waals surface area contributed by atoms with E-state index in [1.54, 1.807) is 24.4 Å². The molecule has 1 saturated heterocycles. The Morgan fingerprint density at radius 2 is 2.15 bits per heavy atom. The summed E-state index contributed by atoms with van der Waals surface area (Å²) in [7, 11) is 0. The van der Waals surface area contributed by atoms with Crippen molar-refractivity contribution in [3.05, 3.63) is 52.2 Å². The van der Waals surface area contributed by atoms with Crippen LogP contribution in [0.15, 0.2) is 36.5 Å². The highest BCUT2D eigenvalue weighted by atomic mass is 16.7. The van der Waals surface area contributed by atoms with Gasteiger partial charge in [-0.05, 0) is 48.9 Å². The first-order chi connectivity index (χ1) is 12.6. The zero-order chi connectivity index (χ0) is 18.4. The lowest BCUT2D eigenvalue weighted by Crippen LogP contribution is -2.24. The summed E-state index contributed by atoms with van der Waals surface area (Å²) >= 11 is 0. The van der Waals surface area contributed by atoms with E-state index in [1.807, 2.05) is 13.0 Å². The van der Waals surface area contributed by atoms with Crippen molar-refractivity contribution in [2.45, 2.75) is 32.5 Å². The van der Waals surface area contributed by atoms with Crippen molar-refractivity contribution < 1.29 is 19.1 Å². The van der Waals surface area contributed by atoms with Crippen LogP contribution in [0.5, 0.6) is 5.88 Å². The van der Waals surface area contributed by atoms with Crippen molar-refractivity contribution in [3.8, 4) is 17.0 Å². The van der Waals surface area contributed by atoms with Crippen molar-refractivity contribution in [3.63, 3.8) is 0 Å². The van der Waals surface area contributed by atoms with Crippen molar-refractivity contribution in [1.82, 2.24) is 4.98 Å². The number of non-ortho nitro benzene ring substituents is 1. The Bertz CT molecular complexity index is 759. The topological polar surface area (TPSA) is 83.7 Å². The number of hydrogen-bond acceptors (Lipinski definition) is 6. The number of nitrogens with zero attached hydrogens (tertiary/aromatic N) is 2. The van der Waals surface area contributed by atoms with Gasteiger partial charge in [0.05, 0.1) is 11.5 Å².